The highest BCUT2D eigenvalue weighted by molar-refractivity contribution is 9.10. The lowest BCUT2D eigenvalue weighted by atomic mass is 10.2. The van der Waals surface area contributed by atoms with Crippen LogP contribution in [0.4, 0.5) is 0 Å². The number of hydroxylamine groups is 1. The highest BCUT2D eigenvalue weighted by Crippen LogP contribution is 2.10. The fourth-order valence-electron chi connectivity index (χ4n) is 0.876. The van der Waals surface area contributed by atoms with E-state index in [1.807, 2.05) is 13.0 Å². The van der Waals surface area contributed by atoms with Crippen LogP contribution >= 0.6 is 15.9 Å². The van der Waals surface area contributed by atoms with Crippen LogP contribution in [0.3, 0.4) is 0 Å². The number of nitrogens with one attached hydrogen (secondary N) is 1. The summed E-state index contributed by atoms with van der Waals surface area (Å²) >= 11 is 3.18. The van der Waals surface area contributed by atoms with E-state index in [2.05, 4.69) is 31.2 Å². The van der Waals surface area contributed by atoms with E-state index in [9.17, 15) is 4.79 Å². The van der Waals surface area contributed by atoms with Crippen LogP contribution in [0.5, 0.6) is 0 Å². The van der Waals surface area contributed by atoms with Crippen molar-refractivity contribution in [3.63, 3.8) is 0 Å². The first kappa shape index (κ1) is 10.1. The molecule has 1 amide bonds. The second kappa shape index (κ2) is 4.34. The number of hydrogen-bond acceptors (Lipinski definition) is 3. The normalized spacial score (nSPS) is 9.77. The van der Waals surface area contributed by atoms with Gasteiger partial charge in [-0.25, -0.2) is 10.5 Å². The average molecular weight is 245 g/mol. The average Bonchev–Trinajstić information content (AvgIpc) is 2.09. The lowest BCUT2D eigenvalue weighted by molar-refractivity contribution is 0.0531. The number of halogens is 1. The van der Waals surface area contributed by atoms with Gasteiger partial charge < -0.3 is 0 Å². The highest BCUT2D eigenvalue weighted by atomic mass is 79.9. The predicted molar refractivity (Wildman–Crippen MR) is 51.1 cm³/mol. The minimum atomic E-state index is -0.346. The Morgan fingerprint density at radius 3 is 2.92 bits per heavy atom. The van der Waals surface area contributed by atoms with Gasteiger partial charge in [-0.15, -0.1) is 0 Å². The van der Waals surface area contributed by atoms with Gasteiger partial charge in [0.1, 0.15) is 10.3 Å². The molecule has 1 N–H and O–H groups in total. The fourth-order valence-corrected chi connectivity index (χ4v) is 1.19. The van der Waals surface area contributed by atoms with Crippen LogP contribution in [0, 0.1) is 6.92 Å². The molecule has 0 aliphatic rings. The maximum absolute atomic E-state index is 11.3. The highest BCUT2D eigenvalue weighted by Gasteiger charge is 2.10. The minimum Gasteiger partial charge on any atom is -0.277 e. The summed E-state index contributed by atoms with van der Waals surface area (Å²) in [7, 11) is 1.38. The Morgan fingerprint density at radius 2 is 2.31 bits per heavy atom. The van der Waals surface area contributed by atoms with Crippen LogP contribution in [-0.2, 0) is 4.84 Å². The van der Waals surface area contributed by atoms with E-state index in [1.165, 1.54) is 7.11 Å². The number of hydrogen-bond donors (Lipinski definition) is 1. The van der Waals surface area contributed by atoms with Gasteiger partial charge in [-0.1, -0.05) is 6.07 Å². The molecule has 0 unspecified atom stereocenters. The molecule has 0 saturated heterocycles. The Morgan fingerprint density at radius 1 is 1.62 bits per heavy atom. The number of aromatic nitrogens is 1. The number of nitrogens with zero attached hydrogens (tertiary/aromatic N) is 1. The molecular weight excluding hydrogens is 236 g/mol. The van der Waals surface area contributed by atoms with Crippen molar-refractivity contribution in [2.45, 2.75) is 6.92 Å². The van der Waals surface area contributed by atoms with Gasteiger partial charge in [0.15, 0.2) is 0 Å². The summed E-state index contributed by atoms with van der Waals surface area (Å²) in [4.78, 5) is 19.8. The smallest absolute Gasteiger partial charge is 0.277 e. The van der Waals surface area contributed by atoms with E-state index in [0.717, 1.165) is 5.56 Å². The molecule has 4 nitrogen and oxygen atoms in total. The summed E-state index contributed by atoms with van der Waals surface area (Å²) in [5.41, 5.74) is 3.37. The largest absolute Gasteiger partial charge is 0.293 e. The van der Waals surface area contributed by atoms with E-state index in [1.54, 1.807) is 6.07 Å². The molecule has 0 bridgehead atoms. The van der Waals surface area contributed by atoms with Crippen molar-refractivity contribution in [1.82, 2.24) is 10.5 Å². The van der Waals surface area contributed by atoms with Gasteiger partial charge in [0.05, 0.1) is 7.11 Å². The molecule has 13 heavy (non-hydrogen) atoms. The lowest BCUT2D eigenvalue weighted by Crippen LogP contribution is -2.23. The number of carbonyl (C=O) groups excluding carboxylic acids is 1. The topological polar surface area (TPSA) is 51.2 Å². The van der Waals surface area contributed by atoms with Crippen molar-refractivity contribution >= 4 is 21.8 Å². The number of pyridine rings is 1. The van der Waals surface area contributed by atoms with Gasteiger partial charge in [0.25, 0.3) is 5.91 Å². The molecule has 1 aromatic heterocycles. The van der Waals surface area contributed by atoms with E-state index < -0.39 is 0 Å². The number of aryl methyl sites for hydroxylation is 1. The molecule has 1 rings (SSSR count). The van der Waals surface area contributed by atoms with Crippen LogP contribution in [0.25, 0.3) is 0 Å². The maximum Gasteiger partial charge on any atom is 0.293 e. The summed E-state index contributed by atoms with van der Waals surface area (Å²) in [6, 6.07) is 3.58. The standard InChI is InChI=1S/C8H9BrN2O2/c1-5-3-4-6(9)10-7(5)8(12)11-13-2/h3-4H,1-2H3,(H,11,12). The zero-order valence-corrected chi connectivity index (χ0v) is 8.88. The zero-order chi connectivity index (χ0) is 9.84. The summed E-state index contributed by atoms with van der Waals surface area (Å²) < 4.78 is 0.624. The molecule has 0 radical (unpaired) electrons. The summed E-state index contributed by atoms with van der Waals surface area (Å²) in [5, 5.41) is 0. The van der Waals surface area contributed by atoms with E-state index >= 15 is 0 Å². The quantitative estimate of drug-likeness (QED) is 0.633. The first-order valence-corrected chi connectivity index (χ1v) is 4.41. The van der Waals surface area contributed by atoms with Crippen molar-refractivity contribution in [3.05, 3.63) is 28.0 Å². The van der Waals surface area contributed by atoms with Crippen LogP contribution in [0.15, 0.2) is 16.7 Å². The molecule has 0 aliphatic heterocycles. The molecule has 0 spiro atoms. The number of rotatable bonds is 2. The van der Waals surface area contributed by atoms with Gasteiger partial charge in [-0.2, -0.15) is 0 Å². The number of carbonyl (C=O) groups is 1. The molecule has 1 aromatic rings. The zero-order valence-electron chi connectivity index (χ0n) is 7.30. The molecule has 0 atom stereocenters. The molecule has 0 fully saturated rings. The SMILES string of the molecule is CONC(=O)c1nc(Br)ccc1C. The molecule has 1 heterocycles. The Labute approximate surface area is 84.4 Å². The van der Waals surface area contributed by atoms with Crippen LogP contribution in [-0.4, -0.2) is 18.0 Å². The third-order valence-electron chi connectivity index (χ3n) is 1.47. The monoisotopic (exact) mass is 244 g/mol. The molecule has 0 saturated carbocycles. The third-order valence-corrected chi connectivity index (χ3v) is 1.91. The summed E-state index contributed by atoms with van der Waals surface area (Å²) in [5.74, 6) is -0.346. The Kier molecular flexibility index (Phi) is 3.39. The van der Waals surface area contributed by atoms with Crippen molar-refractivity contribution < 1.29 is 9.63 Å². The first-order valence-electron chi connectivity index (χ1n) is 3.61. The molecule has 5 heteroatoms. The maximum atomic E-state index is 11.3. The predicted octanol–water partition coefficient (Wildman–Crippen LogP) is 1.44. The van der Waals surface area contributed by atoms with Gasteiger partial charge >= 0.3 is 0 Å². The molecule has 0 aromatic carbocycles. The number of amides is 1. The van der Waals surface area contributed by atoms with Gasteiger partial charge in [0.2, 0.25) is 0 Å². The fraction of sp³-hybridized carbons (Fsp3) is 0.250. The van der Waals surface area contributed by atoms with Crippen molar-refractivity contribution in [2.24, 2.45) is 0 Å². The summed E-state index contributed by atoms with van der Waals surface area (Å²) in [6.07, 6.45) is 0. The van der Waals surface area contributed by atoms with E-state index in [0.29, 0.717) is 10.3 Å². The van der Waals surface area contributed by atoms with Crippen molar-refractivity contribution in [1.29, 1.82) is 0 Å². The van der Waals surface area contributed by atoms with Crippen LogP contribution in [0.1, 0.15) is 16.1 Å². The summed E-state index contributed by atoms with van der Waals surface area (Å²) in [6.45, 7) is 1.81. The first-order chi connectivity index (χ1) is 6.15. The lowest BCUT2D eigenvalue weighted by Gasteiger charge is -2.04. The van der Waals surface area contributed by atoms with Gasteiger partial charge in [0, 0.05) is 0 Å². The molecule has 70 valence electrons. The van der Waals surface area contributed by atoms with Crippen LogP contribution in [0.2, 0.25) is 0 Å². The van der Waals surface area contributed by atoms with Crippen molar-refractivity contribution in [3.8, 4) is 0 Å². The Balaban J connectivity index is 2.99. The Hall–Kier alpha value is -0.940. The van der Waals surface area contributed by atoms with E-state index in [-0.39, 0.29) is 5.91 Å². The second-order valence-corrected chi connectivity index (χ2v) is 3.25. The second-order valence-electron chi connectivity index (χ2n) is 2.43. The molecule has 0 aliphatic carbocycles. The molecular formula is C8H9BrN2O2. The Bertz CT molecular complexity index is 328. The van der Waals surface area contributed by atoms with Crippen LogP contribution < -0.4 is 5.48 Å². The van der Waals surface area contributed by atoms with Gasteiger partial charge in [-0.05, 0) is 34.5 Å². The van der Waals surface area contributed by atoms with Gasteiger partial charge in [-0.3, -0.25) is 9.63 Å². The van der Waals surface area contributed by atoms with Crippen molar-refractivity contribution in [2.75, 3.05) is 7.11 Å². The minimum absolute atomic E-state index is 0.346. The third kappa shape index (κ3) is 2.50. The van der Waals surface area contributed by atoms with E-state index in [4.69, 9.17) is 0 Å².